The molecule has 0 atom stereocenters. The maximum absolute atomic E-state index is 10.7. The number of aliphatic carboxylic acids is 1. The van der Waals surface area contributed by atoms with Crippen LogP contribution in [0.4, 0.5) is 5.69 Å². The molecule has 0 saturated heterocycles. The largest absolute Gasteiger partial charge is 0.481 e. The van der Waals surface area contributed by atoms with E-state index >= 15 is 0 Å². The SMILES string of the molecule is Cc1cccc(N(CCC(=O)O)CCC(C)C)c1. The van der Waals surface area contributed by atoms with Crippen LogP contribution in [0.1, 0.15) is 32.3 Å². The zero-order valence-electron chi connectivity index (χ0n) is 11.5. The highest BCUT2D eigenvalue weighted by atomic mass is 16.4. The highest BCUT2D eigenvalue weighted by Gasteiger charge is 2.09. The van der Waals surface area contributed by atoms with Crippen molar-refractivity contribution in [1.82, 2.24) is 0 Å². The van der Waals surface area contributed by atoms with Gasteiger partial charge in [-0.1, -0.05) is 26.0 Å². The summed E-state index contributed by atoms with van der Waals surface area (Å²) in [5.41, 5.74) is 2.33. The Morgan fingerprint density at radius 2 is 2.06 bits per heavy atom. The van der Waals surface area contributed by atoms with Crippen LogP contribution in [0.2, 0.25) is 0 Å². The lowest BCUT2D eigenvalue weighted by Gasteiger charge is -2.25. The van der Waals surface area contributed by atoms with Gasteiger partial charge in [0.25, 0.3) is 0 Å². The first-order chi connectivity index (χ1) is 8.49. The fourth-order valence-electron chi connectivity index (χ4n) is 1.84. The van der Waals surface area contributed by atoms with Gasteiger partial charge in [0.2, 0.25) is 0 Å². The van der Waals surface area contributed by atoms with E-state index in [1.165, 1.54) is 5.56 Å². The number of carboxylic acid groups (broad SMARTS) is 1. The van der Waals surface area contributed by atoms with E-state index in [2.05, 4.69) is 43.9 Å². The van der Waals surface area contributed by atoms with Crippen LogP contribution in [0.25, 0.3) is 0 Å². The van der Waals surface area contributed by atoms with Gasteiger partial charge in [0.05, 0.1) is 6.42 Å². The number of carbonyl (C=O) groups is 1. The van der Waals surface area contributed by atoms with Gasteiger partial charge in [0.1, 0.15) is 0 Å². The third-order valence-corrected chi connectivity index (χ3v) is 2.94. The minimum Gasteiger partial charge on any atom is -0.481 e. The predicted molar refractivity (Wildman–Crippen MR) is 75.1 cm³/mol. The number of anilines is 1. The van der Waals surface area contributed by atoms with E-state index in [0.717, 1.165) is 18.7 Å². The molecule has 1 rings (SSSR count). The molecule has 0 aliphatic heterocycles. The van der Waals surface area contributed by atoms with E-state index in [4.69, 9.17) is 5.11 Å². The van der Waals surface area contributed by atoms with Gasteiger partial charge in [-0.2, -0.15) is 0 Å². The second-order valence-electron chi connectivity index (χ2n) is 5.15. The monoisotopic (exact) mass is 249 g/mol. The van der Waals surface area contributed by atoms with Crippen LogP contribution in [0.5, 0.6) is 0 Å². The van der Waals surface area contributed by atoms with Gasteiger partial charge < -0.3 is 10.0 Å². The Bertz CT molecular complexity index is 388. The van der Waals surface area contributed by atoms with Gasteiger partial charge in [-0.05, 0) is 37.0 Å². The highest BCUT2D eigenvalue weighted by Crippen LogP contribution is 2.17. The van der Waals surface area contributed by atoms with Crippen LogP contribution >= 0.6 is 0 Å². The molecule has 1 N–H and O–H groups in total. The predicted octanol–water partition coefficient (Wildman–Crippen LogP) is 3.32. The fourth-order valence-corrected chi connectivity index (χ4v) is 1.84. The van der Waals surface area contributed by atoms with Gasteiger partial charge in [0, 0.05) is 18.8 Å². The van der Waals surface area contributed by atoms with Gasteiger partial charge in [-0.15, -0.1) is 0 Å². The minimum atomic E-state index is -0.739. The smallest absolute Gasteiger partial charge is 0.305 e. The quantitative estimate of drug-likeness (QED) is 0.806. The molecule has 0 bridgehead atoms. The van der Waals surface area contributed by atoms with Crippen molar-refractivity contribution in [3.8, 4) is 0 Å². The van der Waals surface area contributed by atoms with Crippen molar-refractivity contribution in [2.45, 2.75) is 33.6 Å². The van der Waals surface area contributed by atoms with Crippen LogP contribution in [0.15, 0.2) is 24.3 Å². The number of benzene rings is 1. The molecule has 3 nitrogen and oxygen atoms in total. The molecule has 0 heterocycles. The molecule has 0 fully saturated rings. The summed E-state index contributed by atoms with van der Waals surface area (Å²) in [6.45, 7) is 7.92. The molecule has 0 aliphatic rings. The minimum absolute atomic E-state index is 0.187. The molecule has 3 heteroatoms. The first-order valence-corrected chi connectivity index (χ1v) is 6.52. The average molecular weight is 249 g/mol. The summed E-state index contributed by atoms with van der Waals surface area (Å²) in [5.74, 6) is -0.112. The summed E-state index contributed by atoms with van der Waals surface area (Å²) >= 11 is 0. The molecule has 1 aromatic rings. The van der Waals surface area contributed by atoms with Crippen LogP contribution in [0.3, 0.4) is 0 Å². The zero-order valence-corrected chi connectivity index (χ0v) is 11.5. The lowest BCUT2D eigenvalue weighted by molar-refractivity contribution is -0.136. The van der Waals surface area contributed by atoms with Gasteiger partial charge in [-0.25, -0.2) is 0 Å². The zero-order chi connectivity index (χ0) is 13.5. The molecular weight excluding hydrogens is 226 g/mol. The van der Waals surface area contributed by atoms with E-state index in [1.54, 1.807) is 0 Å². The molecule has 0 saturated carbocycles. The van der Waals surface area contributed by atoms with E-state index in [-0.39, 0.29) is 6.42 Å². The molecule has 0 aromatic heterocycles. The lowest BCUT2D eigenvalue weighted by atomic mass is 10.1. The van der Waals surface area contributed by atoms with Crippen molar-refractivity contribution >= 4 is 11.7 Å². The van der Waals surface area contributed by atoms with E-state index < -0.39 is 5.97 Å². The van der Waals surface area contributed by atoms with E-state index in [9.17, 15) is 4.79 Å². The molecule has 0 unspecified atom stereocenters. The number of hydrogen-bond acceptors (Lipinski definition) is 2. The summed E-state index contributed by atoms with van der Waals surface area (Å²) in [4.78, 5) is 12.9. The van der Waals surface area contributed by atoms with Crippen LogP contribution in [0, 0.1) is 12.8 Å². The molecule has 100 valence electrons. The van der Waals surface area contributed by atoms with Crippen molar-refractivity contribution in [3.05, 3.63) is 29.8 Å². The van der Waals surface area contributed by atoms with Crippen molar-refractivity contribution in [1.29, 1.82) is 0 Å². The van der Waals surface area contributed by atoms with Gasteiger partial charge >= 0.3 is 5.97 Å². The Balaban J connectivity index is 2.72. The Morgan fingerprint density at radius 3 is 2.61 bits per heavy atom. The van der Waals surface area contributed by atoms with E-state index in [0.29, 0.717) is 12.5 Å². The first kappa shape index (κ1) is 14.6. The standard InChI is InChI=1S/C15H23NO2/c1-12(2)7-9-16(10-8-15(17)18)14-6-4-5-13(3)11-14/h4-6,11-12H,7-10H2,1-3H3,(H,17,18). The van der Waals surface area contributed by atoms with Crippen molar-refractivity contribution < 1.29 is 9.90 Å². The van der Waals surface area contributed by atoms with Crippen LogP contribution in [-0.2, 0) is 4.79 Å². The molecule has 1 aromatic carbocycles. The Kier molecular flexibility index (Phi) is 5.69. The summed E-state index contributed by atoms with van der Waals surface area (Å²) in [7, 11) is 0. The van der Waals surface area contributed by atoms with Crippen LogP contribution < -0.4 is 4.90 Å². The maximum atomic E-state index is 10.7. The second kappa shape index (κ2) is 7.04. The van der Waals surface area contributed by atoms with Crippen molar-refractivity contribution in [2.24, 2.45) is 5.92 Å². The number of nitrogens with zero attached hydrogens (tertiary/aromatic N) is 1. The summed E-state index contributed by atoms with van der Waals surface area (Å²) in [6.07, 6.45) is 1.26. The highest BCUT2D eigenvalue weighted by molar-refractivity contribution is 5.67. The molecular formula is C15H23NO2. The lowest BCUT2D eigenvalue weighted by Crippen LogP contribution is -2.28. The van der Waals surface area contributed by atoms with E-state index in [1.807, 2.05) is 6.07 Å². The molecule has 18 heavy (non-hydrogen) atoms. The summed E-state index contributed by atoms with van der Waals surface area (Å²) < 4.78 is 0. The normalized spacial score (nSPS) is 10.7. The molecule has 0 aliphatic carbocycles. The van der Waals surface area contributed by atoms with Crippen molar-refractivity contribution in [3.63, 3.8) is 0 Å². The Morgan fingerprint density at radius 1 is 1.33 bits per heavy atom. The summed E-state index contributed by atoms with van der Waals surface area (Å²) in [5, 5.41) is 8.81. The molecule has 0 radical (unpaired) electrons. The van der Waals surface area contributed by atoms with Gasteiger partial charge in [0.15, 0.2) is 0 Å². The number of aryl methyl sites for hydroxylation is 1. The topological polar surface area (TPSA) is 40.5 Å². The number of carboxylic acids is 1. The van der Waals surface area contributed by atoms with Crippen LogP contribution in [-0.4, -0.2) is 24.2 Å². The fraction of sp³-hybridized carbons (Fsp3) is 0.533. The summed E-state index contributed by atoms with van der Waals surface area (Å²) in [6, 6.07) is 8.24. The Labute approximate surface area is 109 Å². The third-order valence-electron chi connectivity index (χ3n) is 2.94. The molecule has 0 amide bonds. The average Bonchev–Trinajstić information content (AvgIpc) is 2.28. The maximum Gasteiger partial charge on any atom is 0.305 e. The first-order valence-electron chi connectivity index (χ1n) is 6.52. The number of hydrogen-bond donors (Lipinski definition) is 1. The second-order valence-corrected chi connectivity index (χ2v) is 5.15. The van der Waals surface area contributed by atoms with Gasteiger partial charge in [-0.3, -0.25) is 4.79 Å². The number of rotatable bonds is 7. The third kappa shape index (κ3) is 5.21. The molecule has 0 spiro atoms. The Hall–Kier alpha value is -1.51. The van der Waals surface area contributed by atoms with Crippen molar-refractivity contribution in [2.75, 3.05) is 18.0 Å².